The molecule has 1 fully saturated rings. The van der Waals surface area contributed by atoms with Gasteiger partial charge in [0.1, 0.15) is 0 Å². The first-order chi connectivity index (χ1) is 12.8. The summed E-state index contributed by atoms with van der Waals surface area (Å²) < 4.78 is 1.74. The van der Waals surface area contributed by atoms with Gasteiger partial charge in [0.2, 0.25) is 0 Å². The lowest BCUT2D eigenvalue weighted by Crippen LogP contribution is -2.50. The lowest BCUT2D eigenvalue weighted by molar-refractivity contribution is -0.134. The molecule has 0 aliphatic carbocycles. The summed E-state index contributed by atoms with van der Waals surface area (Å²) in [5.74, 6) is 0.0919. The van der Waals surface area contributed by atoms with E-state index in [1.165, 1.54) is 0 Å². The fraction of sp³-hybridized carbons (Fsp3) is 0.250. The number of benzene rings is 1. The predicted octanol–water partition coefficient (Wildman–Crippen LogP) is 2.22. The van der Waals surface area contributed by atoms with Crippen LogP contribution in [0.3, 0.4) is 0 Å². The molecule has 3 aromatic rings. The van der Waals surface area contributed by atoms with Gasteiger partial charge >= 0.3 is 0 Å². The molecule has 26 heavy (non-hydrogen) atoms. The van der Waals surface area contributed by atoms with Gasteiger partial charge in [-0.3, -0.25) is 14.5 Å². The van der Waals surface area contributed by atoms with Crippen molar-refractivity contribution in [1.82, 2.24) is 19.7 Å². The minimum Gasteiger partial charge on any atom is -0.368 e. The minimum atomic E-state index is -0.418. The van der Waals surface area contributed by atoms with Crippen molar-refractivity contribution in [2.24, 2.45) is 0 Å². The molecule has 6 heteroatoms. The average Bonchev–Trinajstić information content (AvgIpc) is 3.24. The highest BCUT2D eigenvalue weighted by Crippen LogP contribution is 2.22. The highest BCUT2D eigenvalue weighted by atomic mass is 16.2. The summed E-state index contributed by atoms with van der Waals surface area (Å²) in [4.78, 5) is 21.6. The van der Waals surface area contributed by atoms with Crippen LogP contribution in [0.1, 0.15) is 11.6 Å². The number of nitrogens with zero attached hydrogens (tertiary/aromatic N) is 5. The number of hydrogen-bond donors (Lipinski definition) is 0. The molecule has 2 aromatic heterocycles. The van der Waals surface area contributed by atoms with Crippen molar-refractivity contribution in [3.8, 4) is 0 Å². The van der Waals surface area contributed by atoms with Crippen LogP contribution in [-0.4, -0.2) is 51.8 Å². The van der Waals surface area contributed by atoms with E-state index in [2.05, 4.69) is 15.0 Å². The second-order valence-electron chi connectivity index (χ2n) is 6.32. The summed E-state index contributed by atoms with van der Waals surface area (Å²) in [6.45, 7) is 3.03. The van der Waals surface area contributed by atoms with E-state index < -0.39 is 6.04 Å². The Bertz CT molecular complexity index is 827. The van der Waals surface area contributed by atoms with Crippen molar-refractivity contribution >= 4 is 11.6 Å². The lowest BCUT2D eigenvalue weighted by Gasteiger charge is -2.37. The Hall–Kier alpha value is -3.15. The molecule has 1 saturated heterocycles. The third kappa shape index (κ3) is 3.31. The number of hydrogen-bond acceptors (Lipinski definition) is 4. The van der Waals surface area contributed by atoms with Crippen LogP contribution in [-0.2, 0) is 4.79 Å². The van der Waals surface area contributed by atoms with Gasteiger partial charge in [0.25, 0.3) is 5.91 Å². The maximum atomic E-state index is 13.3. The molecule has 1 aliphatic rings. The topological polar surface area (TPSA) is 54.3 Å². The molecule has 0 unspecified atom stereocenters. The van der Waals surface area contributed by atoms with E-state index in [-0.39, 0.29) is 5.91 Å². The van der Waals surface area contributed by atoms with Gasteiger partial charge in [0.05, 0.1) is 0 Å². The minimum absolute atomic E-state index is 0.0919. The van der Waals surface area contributed by atoms with E-state index in [4.69, 9.17) is 0 Å². The van der Waals surface area contributed by atoms with E-state index in [9.17, 15) is 4.79 Å². The van der Waals surface area contributed by atoms with Crippen molar-refractivity contribution in [2.45, 2.75) is 6.04 Å². The summed E-state index contributed by atoms with van der Waals surface area (Å²) in [6.07, 6.45) is 7.17. The maximum Gasteiger partial charge on any atom is 0.252 e. The van der Waals surface area contributed by atoms with Gasteiger partial charge in [0, 0.05) is 56.7 Å². The predicted molar refractivity (Wildman–Crippen MR) is 99.8 cm³/mol. The first-order valence-corrected chi connectivity index (χ1v) is 8.81. The number of anilines is 1. The highest BCUT2D eigenvalue weighted by molar-refractivity contribution is 5.84. The molecule has 1 amide bonds. The zero-order valence-corrected chi connectivity index (χ0v) is 14.5. The molecule has 0 radical (unpaired) electrons. The third-order valence-corrected chi connectivity index (χ3v) is 4.76. The smallest absolute Gasteiger partial charge is 0.252 e. The second kappa shape index (κ2) is 7.39. The average molecular weight is 347 g/mol. The zero-order chi connectivity index (χ0) is 17.8. The molecule has 1 aromatic carbocycles. The summed E-state index contributed by atoms with van der Waals surface area (Å²) in [6, 6.07) is 15.3. The Morgan fingerprint density at radius 2 is 1.62 bits per heavy atom. The molecule has 0 saturated carbocycles. The van der Waals surface area contributed by atoms with E-state index >= 15 is 0 Å². The van der Waals surface area contributed by atoms with Crippen molar-refractivity contribution in [2.75, 3.05) is 31.1 Å². The van der Waals surface area contributed by atoms with Gasteiger partial charge in [-0.15, -0.1) is 0 Å². The molecule has 0 N–H and O–H groups in total. The highest BCUT2D eigenvalue weighted by Gasteiger charge is 2.30. The molecular weight excluding hydrogens is 326 g/mol. The lowest BCUT2D eigenvalue weighted by atomic mass is 10.1. The van der Waals surface area contributed by atoms with Crippen LogP contribution in [0.15, 0.2) is 73.3 Å². The summed E-state index contributed by atoms with van der Waals surface area (Å²) in [7, 11) is 0. The number of carbonyl (C=O) groups is 1. The first kappa shape index (κ1) is 16.3. The fourth-order valence-electron chi connectivity index (χ4n) is 3.39. The number of amides is 1. The van der Waals surface area contributed by atoms with E-state index in [0.29, 0.717) is 13.1 Å². The number of aromatic nitrogens is 3. The van der Waals surface area contributed by atoms with Gasteiger partial charge < -0.3 is 9.80 Å². The van der Waals surface area contributed by atoms with Gasteiger partial charge in [0.15, 0.2) is 6.04 Å². The Kier molecular flexibility index (Phi) is 4.64. The Balaban J connectivity index is 1.51. The monoisotopic (exact) mass is 347 g/mol. The Morgan fingerprint density at radius 1 is 0.885 bits per heavy atom. The van der Waals surface area contributed by atoms with Crippen LogP contribution in [0.25, 0.3) is 0 Å². The van der Waals surface area contributed by atoms with Crippen molar-refractivity contribution in [1.29, 1.82) is 0 Å². The first-order valence-electron chi connectivity index (χ1n) is 8.81. The SMILES string of the molecule is O=C([C@H](c1ccccc1)n1cccn1)N1CCN(c2ccncc2)CC1. The Morgan fingerprint density at radius 3 is 2.27 bits per heavy atom. The molecule has 1 atom stereocenters. The van der Waals surface area contributed by atoms with Crippen LogP contribution < -0.4 is 4.90 Å². The standard InChI is InChI=1S/C20H21N5O/c26-20(19(25-12-4-9-22-25)17-5-2-1-3-6-17)24-15-13-23(14-16-24)18-7-10-21-11-8-18/h1-12,19H,13-16H2/t19-/m0/s1. The van der Waals surface area contributed by atoms with Crippen LogP contribution in [0.5, 0.6) is 0 Å². The molecular formula is C20H21N5O. The van der Waals surface area contributed by atoms with Crippen LogP contribution in [0.4, 0.5) is 5.69 Å². The maximum absolute atomic E-state index is 13.3. The summed E-state index contributed by atoms with van der Waals surface area (Å²) in [5, 5.41) is 4.32. The molecule has 3 heterocycles. The van der Waals surface area contributed by atoms with E-state index in [0.717, 1.165) is 24.3 Å². The second-order valence-corrected chi connectivity index (χ2v) is 6.32. The number of pyridine rings is 1. The molecule has 1 aliphatic heterocycles. The van der Waals surface area contributed by atoms with Crippen LogP contribution in [0.2, 0.25) is 0 Å². The quantitative estimate of drug-likeness (QED) is 0.726. The van der Waals surface area contributed by atoms with Crippen molar-refractivity contribution < 1.29 is 4.79 Å². The normalized spacial score (nSPS) is 15.7. The molecule has 6 nitrogen and oxygen atoms in total. The van der Waals surface area contributed by atoms with Gasteiger partial charge in [-0.2, -0.15) is 5.10 Å². The van der Waals surface area contributed by atoms with Crippen LogP contribution in [0, 0.1) is 0 Å². The fourth-order valence-corrected chi connectivity index (χ4v) is 3.39. The van der Waals surface area contributed by atoms with Gasteiger partial charge in [-0.05, 0) is 23.8 Å². The number of rotatable bonds is 4. The third-order valence-electron chi connectivity index (χ3n) is 4.76. The largest absolute Gasteiger partial charge is 0.368 e. The summed E-state index contributed by atoms with van der Waals surface area (Å²) in [5.41, 5.74) is 2.11. The molecule has 0 spiro atoms. The molecule has 132 valence electrons. The number of piperazine rings is 1. The Labute approximate surface area is 152 Å². The zero-order valence-electron chi connectivity index (χ0n) is 14.5. The molecule has 0 bridgehead atoms. The molecule has 4 rings (SSSR count). The van der Waals surface area contributed by atoms with E-state index in [1.807, 2.05) is 59.6 Å². The van der Waals surface area contributed by atoms with E-state index in [1.54, 1.807) is 23.3 Å². The number of carbonyl (C=O) groups excluding carboxylic acids is 1. The van der Waals surface area contributed by atoms with Crippen LogP contribution >= 0.6 is 0 Å². The van der Waals surface area contributed by atoms with Gasteiger partial charge in [-0.25, -0.2) is 0 Å². The van der Waals surface area contributed by atoms with Crippen molar-refractivity contribution in [3.63, 3.8) is 0 Å². The summed E-state index contributed by atoms with van der Waals surface area (Å²) >= 11 is 0. The van der Waals surface area contributed by atoms with Crippen molar-refractivity contribution in [3.05, 3.63) is 78.9 Å². The van der Waals surface area contributed by atoms with Gasteiger partial charge in [-0.1, -0.05) is 30.3 Å².